The van der Waals surface area contributed by atoms with Crippen LogP contribution < -0.4 is 0 Å². The summed E-state index contributed by atoms with van der Waals surface area (Å²) in [5, 5.41) is 0. The van der Waals surface area contributed by atoms with Crippen LogP contribution in [0.15, 0.2) is 23.1 Å². The molecule has 0 fully saturated rings. The lowest BCUT2D eigenvalue weighted by molar-refractivity contribution is 1.17. The molecule has 0 spiro atoms. The summed E-state index contributed by atoms with van der Waals surface area (Å²) in [4.78, 5) is 8.36. The fourth-order valence-corrected chi connectivity index (χ4v) is 1.33. The summed E-state index contributed by atoms with van der Waals surface area (Å²) >= 11 is 4.22. The van der Waals surface area contributed by atoms with Crippen LogP contribution in [0.4, 0.5) is 0 Å². The van der Waals surface area contributed by atoms with Gasteiger partial charge < -0.3 is 4.98 Å². The number of H-pyrrole nitrogens is 1. The van der Waals surface area contributed by atoms with Gasteiger partial charge in [0.15, 0.2) is 0 Å². The van der Waals surface area contributed by atoms with E-state index in [-0.39, 0.29) is 0 Å². The van der Waals surface area contributed by atoms with E-state index in [1.165, 1.54) is 0 Å². The van der Waals surface area contributed by atoms with Crippen LogP contribution in [-0.2, 0) is 0 Å². The van der Waals surface area contributed by atoms with E-state index in [1.54, 1.807) is 0 Å². The van der Waals surface area contributed by atoms with Crippen LogP contribution in [0.3, 0.4) is 0 Å². The molecular formula is C8H8N2S. The van der Waals surface area contributed by atoms with Gasteiger partial charge in [-0.3, -0.25) is 0 Å². The smallest absolute Gasteiger partial charge is 0.104 e. The first-order chi connectivity index (χ1) is 5.25. The maximum atomic E-state index is 4.26. The molecule has 0 amide bonds. The first-order valence-electron chi connectivity index (χ1n) is 3.41. The third-order valence-corrected chi connectivity index (χ3v) is 1.86. The molecule has 3 heteroatoms. The minimum Gasteiger partial charge on any atom is -0.342 e. The zero-order valence-electron chi connectivity index (χ0n) is 6.13. The molecule has 0 atom stereocenters. The second kappa shape index (κ2) is 2.27. The summed E-state index contributed by atoms with van der Waals surface area (Å²) in [7, 11) is 0. The topological polar surface area (TPSA) is 28.7 Å². The number of hydrogen-bond donors (Lipinski definition) is 2. The van der Waals surface area contributed by atoms with Gasteiger partial charge in [-0.1, -0.05) is 0 Å². The minimum absolute atomic E-state index is 0.943. The predicted molar refractivity (Wildman–Crippen MR) is 48.1 cm³/mol. The van der Waals surface area contributed by atoms with Gasteiger partial charge in [-0.05, 0) is 25.1 Å². The highest BCUT2D eigenvalue weighted by Gasteiger charge is 1.97. The van der Waals surface area contributed by atoms with Crippen LogP contribution in [0.5, 0.6) is 0 Å². The number of thiol groups is 1. The largest absolute Gasteiger partial charge is 0.342 e. The molecule has 0 aliphatic rings. The molecule has 56 valence electrons. The van der Waals surface area contributed by atoms with Crippen LogP contribution in [-0.4, -0.2) is 9.97 Å². The fourth-order valence-electron chi connectivity index (χ4n) is 1.13. The quantitative estimate of drug-likeness (QED) is 0.574. The Morgan fingerprint density at radius 3 is 3.09 bits per heavy atom. The second-order valence-electron chi connectivity index (χ2n) is 2.52. The first-order valence-corrected chi connectivity index (χ1v) is 3.86. The number of benzene rings is 1. The van der Waals surface area contributed by atoms with Gasteiger partial charge in [0.1, 0.15) is 5.82 Å². The molecule has 1 aromatic carbocycles. The van der Waals surface area contributed by atoms with E-state index < -0.39 is 0 Å². The minimum atomic E-state index is 0.943. The lowest BCUT2D eigenvalue weighted by atomic mass is 10.3. The van der Waals surface area contributed by atoms with Crippen LogP contribution in [0.1, 0.15) is 5.82 Å². The molecule has 2 aromatic rings. The average Bonchev–Trinajstić information content (AvgIpc) is 2.27. The van der Waals surface area contributed by atoms with Crippen molar-refractivity contribution in [2.75, 3.05) is 0 Å². The van der Waals surface area contributed by atoms with Gasteiger partial charge in [-0.25, -0.2) is 4.98 Å². The maximum absolute atomic E-state index is 4.26. The van der Waals surface area contributed by atoms with Gasteiger partial charge in [0.25, 0.3) is 0 Å². The maximum Gasteiger partial charge on any atom is 0.104 e. The van der Waals surface area contributed by atoms with Gasteiger partial charge in [-0.2, -0.15) is 0 Å². The molecule has 0 saturated carbocycles. The number of rotatable bonds is 0. The van der Waals surface area contributed by atoms with E-state index in [1.807, 2.05) is 25.1 Å². The molecule has 0 aliphatic heterocycles. The Kier molecular flexibility index (Phi) is 1.39. The van der Waals surface area contributed by atoms with Crippen molar-refractivity contribution < 1.29 is 0 Å². The highest BCUT2D eigenvalue weighted by Crippen LogP contribution is 2.15. The number of nitrogens with one attached hydrogen (secondary N) is 1. The fraction of sp³-hybridized carbons (Fsp3) is 0.125. The average molecular weight is 164 g/mol. The Morgan fingerprint density at radius 2 is 2.27 bits per heavy atom. The third kappa shape index (κ3) is 1.12. The number of imidazole rings is 1. The Balaban J connectivity index is 2.82. The summed E-state index contributed by atoms with van der Waals surface area (Å²) in [6.07, 6.45) is 0. The Labute approximate surface area is 70.1 Å². The monoisotopic (exact) mass is 164 g/mol. The summed E-state index contributed by atoms with van der Waals surface area (Å²) < 4.78 is 0. The molecule has 1 N–H and O–H groups in total. The van der Waals surface area contributed by atoms with Crippen LogP contribution in [0.25, 0.3) is 11.0 Å². The van der Waals surface area contributed by atoms with Crippen molar-refractivity contribution >= 4 is 23.7 Å². The number of aromatic amines is 1. The molecule has 2 nitrogen and oxygen atoms in total. The van der Waals surface area contributed by atoms with E-state index in [0.29, 0.717) is 0 Å². The highest BCUT2D eigenvalue weighted by molar-refractivity contribution is 7.80. The van der Waals surface area contributed by atoms with Gasteiger partial charge in [0.05, 0.1) is 11.0 Å². The van der Waals surface area contributed by atoms with Crippen molar-refractivity contribution in [2.24, 2.45) is 0 Å². The number of hydrogen-bond acceptors (Lipinski definition) is 2. The van der Waals surface area contributed by atoms with Crippen LogP contribution in [0.2, 0.25) is 0 Å². The molecule has 1 heterocycles. The Hall–Kier alpha value is -0.960. The van der Waals surface area contributed by atoms with Gasteiger partial charge in [0, 0.05) is 4.90 Å². The standard InChI is InChI=1S/C8H8N2S/c1-5-9-7-3-2-6(11)4-8(7)10-5/h2-4,11H,1H3,(H,9,10). The van der Waals surface area contributed by atoms with E-state index in [0.717, 1.165) is 21.8 Å². The number of fused-ring (bicyclic) bond motifs is 1. The van der Waals surface area contributed by atoms with E-state index in [9.17, 15) is 0 Å². The van der Waals surface area contributed by atoms with Crippen molar-refractivity contribution in [3.8, 4) is 0 Å². The van der Waals surface area contributed by atoms with Crippen LogP contribution >= 0.6 is 12.6 Å². The molecule has 0 aliphatic carbocycles. The van der Waals surface area contributed by atoms with Crippen molar-refractivity contribution in [2.45, 2.75) is 11.8 Å². The summed E-state index contributed by atoms with van der Waals surface area (Å²) in [6, 6.07) is 5.87. The molecular weight excluding hydrogens is 156 g/mol. The number of nitrogens with zero attached hydrogens (tertiary/aromatic N) is 1. The molecule has 0 saturated heterocycles. The second-order valence-corrected chi connectivity index (χ2v) is 3.04. The van der Waals surface area contributed by atoms with Crippen molar-refractivity contribution in [3.63, 3.8) is 0 Å². The van der Waals surface area contributed by atoms with Gasteiger partial charge >= 0.3 is 0 Å². The SMILES string of the molecule is Cc1nc2ccc(S)cc2[nH]1. The number of aromatic nitrogens is 2. The summed E-state index contributed by atoms with van der Waals surface area (Å²) in [5.41, 5.74) is 2.05. The summed E-state index contributed by atoms with van der Waals surface area (Å²) in [5.74, 6) is 0.943. The van der Waals surface area contributed by atoms with Crippen LogP contribution in [0, 0.1) is 6.92 Å². The normalized spacial score (nSPS) is 10.7. The Bertz CT molecular complexity index is 392. The molecule has 1 aromatic heterocycles. The first kappa shape index (κ1) is 6.73. The van der Waals surface area contributed by atoms with E-state index in [2.05, 4.69) is 22.6 Å². The van der Waals surface area contributed by atoms with Crippen molar-refractivity contribution in [1.82, 2.24) is 9.97 Å². The van der Waals surface area contributed by atoms with Crippen molar-refractivity contribution in [3.05, 3.63) is 24.0 Å². The van der Waals surface area contributed by atoms with E-state index in [4.69, 9.17) is 0 Å². The molecule has 2 rings (SSSR count). The zero-order chi connectivity index (χ0) is 7.84. The lowest BCUT2D eigenvalue weighted by Crippen LogP contribution is -1.68. The van der Waals surface area contributed by atoms with Crippen molar-refractivity contribution in [1.29, 1.82) is 0 Å². The molecule has 0 bridgehead atoms. The Morgan fingerprint density at radius 1 is 1.45 bits per heavy atom. The van der Waals surface area contributed by atoms with Gasteiger partial charge in [0.2, 0.25) is 0 Å². The lowest BCUT2D eigenvalue weighted by Gasteiger charge is -1.88. The molecule has 0 unspecified atom stereocenters. The van der Waals surface area contributed by atoms with E-state index >= 15 is 0 Å². The predicted octanol–water partition coefficient (Wildman–Crippen LogP) is 2.16. The molecule has 0 radical (unpaired) electrons. The third-order valence-electron chi connectivity index (χ3n) is 1.58. The highest BCUT2D eigenvalue weighted by atomic mass is 32.1. The number of aryl methyl sites for hydroxylation is 1. The zero-order valence-corrected chi connectivity index (χ0v) is 7.02. The molecule has 11 heavy (non-hydrogen) atoms. The summed E-state index contributed by atoms with van der Waals surface area (Å²) in [6.45, 7) is 1.94. The van der Waals surface area contributed by atoms with Gasteiger partial charge in [-0.15, -0.1) is 12.6 Å².